The molecule has 0 amide bonds. The third-order valence-corrected chi connectivity index (χ3v) is 3.38. The van der Waals surface area contributed by atoms with Crippen LogP contribution in [-0.2, 0) is 26.4 Å². The van der Waals surface area contributed by atoms with E-state index in [1.807, 2.05) is 11.6 Å². The van der Waals surface area contributed by atoms with Gasteiger partial charge in [-0.15, -0.1) is 0 Å². The lowest BCUT2D eigenvalue weighted by atomic mass is 9.94. The molecule has 0 bridgehead atoms. The summed E-state index contributed by atoms with van der Waals surface area (Å²) in [6, 6.07) is 2.11. The zero-order valence-corrected chi connectivity index (χ0v) is 10.2. The second-order valence-electron chi connectivity index (χ2n) is 4.49. The molecule has 0 aromatic carbocycles. The Morgan fingerprint density at radius 2 is 2.12 bits per heavy atom. The van der Waals surface area contributed by atoms with Crippen LogP contribution in [0.1, 0.15) is 36.6 Å². The highest BCUT2D eigenvalue weighted by molar-refractivity contribution is 5.28. The quantitative estimate of drug-likeness (QED) is 0.835. The molecule has 1 aromatic rings. The highest BCUT2D eigenvalue weighted by atomic mass is 16.1. The highest BCUT2D eigenvalue weighted by Crippen LogP contribution is 2.19. The fourth-order valence-electron chi connectivity index (χ4n) is 2.45. The van der Waals surface area contributed by atoms with Crippen molar-refractivity contribution in [2.24, 2.45) is 7.05 Å². The molecular formula is C13H20N2O. The van der Waals surface area contributed by atoms with E-state index in [1.54, 1.807) is 0 Å². The van der Waals surface area contributed by atoms with Crippen molar-refractivity contribution in [3.8, 4) is 0 Å². The summed E-state index contributed by atoms with van der Waals surface area (Å²) in [6.45, 7) is 3.65. The largest absolute Gasteiger partial charge is 0.315 e. The van der Waals surface area contributed by atoms with Gasteiger partial charge in [0.2, 0.25) is 0 Å². The molecule has 0 saturated heterocycles. The number of nitrogens with one attached hydrogen (secondary N) is 1. The monoisotopic (exact) mass is 220 g/mol. The van der Waals surface area contributed by atoms with Crippen molar-refractivity contribution in [1.82, 2.24) is 9.88 Å². The average molecular weight is 220 g/mol. The fourth-order valence-corrected chi connectivity index (χ4v) is 2.45. The molecule has 0 atom stereocenters. The van der Waals surface area contributed by atoms with E-state index in [0.29, 0.717) is 6.54 Å². The van der Waals surface area contributed by atoms with Gasteiger partial charge in [-0.05, 0) is 43.9 Å². The lowest BCUT2D eigenvalue weighted by Crippen LogP contribution is -2.29. The smallest absolute Gasteiger partial charge is 0.255 e. The topological polar surface area (TPSA) is 34.0 Å². The van der Waals surface area contributed by atoms with Crippen LogP contribution >= 0.6 is 0 Å². The Hall–Kier alpha value is -1.09. The average Bonchev–Trinajstić information content (AvgIpc) is 2.32. The van der Waals surface area contributed by atoms with E-state index >= 15 is 0 Å². The van der Waals surface area contributed by atoms with E-state index in [2.05, 4.69) is 18.3 Å². The summed E-state index contributed by atoms with van der Waals surface area (Å²) in [5.74, 6) is 0. The highest BCUT2D eigenvalue weighted by Gasteiger charge is 2.15. The number of hydrogen-bond donors (Lipinski definition) is 1. The predicted octanol–water partition coefficient (Wildman–Crippen LogP) is 1.37. The summed E-state index contributed by atoms with van der Waals surface area (Å²) in [7, 11) is 1.90. The molecule has 1 heterocycles. The van der Waals surface area contributed by atoms with Gasteiger partial charge in [-0.25, -0.2) is 0 Å². The minimum absolute atomic E-state index is 0.168. The molecule has 1 aliphatic carbocycles. The van der Waals surface area contributed by atoms with Crippen molar-refractivity contribution in [2.45, 2.75) is 39.2 Å². The number of pyridine rings is 1. The number of rotatable bonds is 3. The van der Waals surface area contributed by atoms with Crippen LogP contribution in [0.5, 0.6) is 0 Å². The molecule has 1 N–H and O–H groups in total. The lowest BCUT2D eigenvalue weighted by molar-refractivity contribution is 0.612. The first-order chi connectivity index (χ1) is 7.74. The van der Waals surface area contributed by atoms with Gasteiger partial charge in [0, 0.05) is 24.8 Å². The molecule has 0 spiro atoms. The van der Waals surface area contributed by atoms with Gasteiger partial charge in [-0.2, -0.15) is 0 Å². The first kappa shape index (κ1) is 11.4. The minimum Gasteiger partial charge on any atom is -0.315 e. The summed E-state index contributed by atoms with van der Waals surface area (Å²) < 4.78 is 1.85. The molecule has 1 aliphatic rings. The van der Waals surface area contributed by atoms with Crippen LogP contribution in [0, 0.1) is 0 Å². The molecule has 3 heteroatoms. The summed E-state index contributed by atoms with van der Waals surface area (Å²) in [5.41, 5.74) is 3.70. The van der Waals surface area contributed by atoms with Crippen LogP contribution in [0.25, 0.3) is 0 Å². The zero-order chi connectivity index (χ0) is 11.5. The normalized spacial score (nSPS) is 14.9. The van der Waals surface area contributed by atoms with Crippen LogP contribution in [0.4, 0.5) is 0 Å². The Morgan fingerprint density at radius 1 is 1.38 bits per heavy atom. The first-order valence-corrected chi connectivity index (χ1v) is 6.15. The van der Waals surface area contributed by atoms with Crippen molar-refractivity contribution in [3.63, 3.8) is 0 Å². The molecular weight excluding hydrogens is 200 g/mol. The van der Waals surface area contributed by atoms with Crippen molar-refractivity contribution < 1.29 is 0 Å². The number of nitrogens with zero attached hydrogens (tertiary/aromatic N) is 1. The predicted molar refractivity (Wildman–Crippen MR) is 65.7 cm³/mol. The van der Waals surface area contributed by atoms with Crippen LogP contribution < -0.4 is 10.9 Å². The Bertz CT molecular complexity index is 434. The first-order valence-electron chi connectivity index (χ1n) is 6.15. The molecule has 2 rings (SSSR count). The maximum atomic E-state index is 12.1. The van der Waals surface area contributed by atoms with Gasteiger partial charge >= 0.3 is 0 Å². The number of hydrogen-bond acceptors (Lipinski definition) is 2. The molecule has 0 saturated carbocycles. The van der Waals surface area contributed by atoms with Gasteiger partial charge in [0.05, 0.1) is 0 Å². The van der Waals surface area contributed by atoms with Gasteiger partial charge in [-0.3, -0.25) is 4.79 Å². The Labute approximate surface area is 96.5 Å². The van der Waals surface area contributed by atoms with Crippen molar-refractivity contribution in [1.29, 1.82) is 0 Å². The Morgan fingerprint density at radius 3 is 2.88 bits per heavy atom. The van der Waals surface area contributed by atoms with E-state index < -0.39 is 0 Å². The minimum atomic E-state index is 0.168. The molecule has 0 aliphatic heterocycles. The Balaban J connectivity index is 2.40. The molecule has 1 aromatic heterocycles. The summed E-state index contributed by atoms with van der Waals surface area (Å²) in [6.07, 6.45) is 4.66. The SMILES string of the molecule is CCNCc1cc2c(n(C)c1=O)CCCC2. The summed E-state index contributed by atoms with van der Waals surface area (Å²) >= 11 is 0. The van der Waals surface area contributed by atoms with E-state index in [9.17, 15) is 4.79 Å². The maximum absolute atomic E-state index is 12.1. The standard InChI is InChI=1S/C13H20N2O/c1-3-14-9-11-8-10-6-4-5-7-12(10)15(2)13(11)16/h8,14H,3-7,9H2,1-2H3. The van der Waals surface area contributed by atoms with Crippen molar-refractivity contribution in [3.05, 3.63) is 33.2 Å². The molecule has 3 nitrogen and oxygen atoms in total. The van der Waals surface area contributed by atoms with Crippen LogP contribution in [0.15, 0.2) is 10.9 Å². The van der Waals surface area contributed by atoms with Gasteiger partial charge < -0.3 is 9.88 Å². The third kappa shape index (κ3) is 2.05. The third-order valence-electron chi connectivity index (χ3n) is 3.38. The molecule has 88 valence electrons. The zero-order valence-electron chi connectivity index (χ0n) is 10.2. The number of fused-ring (bicyclic) bond motifs is 1. The van der Waals surface area contributed by atoms with Crippen LogP contribution in [0.3, 0.4) is 0 Å². The molecule has 0 fully saturated rings. The molecule has 0 radical (unpaired) electrons. The maximum Gasteiger partial charge on any atom is 0.255 e. The second kappa shape index (κ2) is 4.83. The van der Waals surface area contributed by atoms with Gasteiger partial charge in [-0.1, -0.05) is 6.92 Å². The number of aromatic nitrogens is 1. The van der Waals surface area contributed by atoms with Gasteiger partial charge in [0.1, 0.15) is 0 Å². The van der Waals surface area contributed by atoms with Gasteiger partial charge in [0.15, 0.2) is 0 Å². The molecule has 16 heavy (non-hydrogen) atoms. The van der Waals surface area contributed by atoms with Crippen LogP contribution in [0.2, 0.25) is 0 Å². The molecule has 0 unspecified atom stereocenters. The Kier molecular flexibility index (Phi) is 3.44. The van der Waals surface area contributed by atoms with Crippen molar-refractivity contribution in [2.75, 3.05) is 6.54 Å². The number of aryl methyl sites for hydroxylation is 1. The van der Waals surface area contributed by atoms with Gasteiger partial charge in [0.25, 0.3) is 5.56 Å². The van der Waals surface area contributed by atoms with E-state index in [1.165, 1.54) is 24.1 Å². The summed E-state index contributed by atoms with van der Waals surface area (Å²) in [4.78, 5) is 12.1. The van der Waals surface area contributed by atoms with Crippen molar-refractivity contribution >= 4 is 0 Å². The van der Waals surface area contributed by atoms with E-state index in [0.717, 1.165) is 24.9 Å². The lowest BCUT2D eigenvalue weighted by Gasteiger charge is -2.20. The second-order valence-corrected chi connectivity index (χ2v) is 4.49. The summed E-state index contributed by atoms with van der Waals surface area (Å²) in [5, 5.41) is 3.23. The van der Waals surface area contributed by atoms with Crippen LogP contribution in [-0.4, -0.2) is 11.1 Å². The van der Waals surface area contributed by atoms with E-state index in [4.69, 9.17) is 0 Å². The van der Waals surface area contributed by atoms with E-state index in [-0.39, 0.29) is 5.56 Å². The fraction of sp³-hybridized carbons (Fsp3) is 0.615.